The van der Waals surface area contributed by atoms with Gasteiger partial charge in [0.1, 0.15) is 10.7 Å². The molecule has 0 aliphatic heterocycles. The Morgan fingerprint density at radius 1 is 1.40 bits per heavy atom. The van der Waals surface area contributed by atoms with Crippen molar-refractivity contribution >= 4 is 21.4 Å². The van der Waals surface area contributed by atoms with Crippen LogP contribution < -0.4 is 10.0 Å². The van der Waals surface area contributed by atoms with Crippen LogP contribution in [0.15, 0.2) is 22.7 Å². The van der Waals surface area contributed by atoms with Crippen LogP contribution in [0.25, 0.3) is 0 Å². The molecule has 2 heterocycles. The molecule has 6 nitrogen and oxygen atoms in total. The second-order valence-corrected chi connectivity index (χ2v) is 7.15. The van der Waals surface area contributed by atoms with E-state index in [0.717, 1.165) is 10.4 Å². The molecule has 0 bridgehead atoms. The Morgan fingerprint density at radius 3 is 2.75 bits per heavy atom. The lowest BCUT2D eigenvalue weighted by Gasteiger charge is -2.09. The molecule has 2 rings (SSSR count). The van der Waals surface area contributed by atoms with Crippen LogP contribution in [-0.4, -0.2) is 25.0 Å². The maximum atomic E-state index is 12.4. The van der Waals surface area contributed by atoms with Gasteiger partial charge in [0.15, 0.2) is 0 Å². The highest BCUT2D eigenvalue weighted by Gasteiger charge is 2.22. The molecule has 110 valence electrons. The second kappa shape index (κ2) is 6.04. The van der Waals surface area contributed by atoms with E-state index in [1.807, 2.05) is 19.4 Å². The average molecular weight is 314 g/mol. The summed E-state index contributed by atoms with van der Waals surface area (Å²) >= 11 is 1.45. The van der Waals surface area contributed by atoms with Gasteiger partial charge in [-0.15, -0.1) is 11.3 Å². The van der Waals surface area contributed by atoms with Gasteiger partial charge >= 0.3 is 0 Å². The predicted molar refractivity (Wildman–Crippen MR) is 79.1 cm³/mol. The molecule has 0 aliphatic carbocycles. The number of nitrogens with zero attached hydrogens (tertiary/aromatic N) is 2. The third-order valence-corrected chi connectivity index (χ3v) is 5.80. The number of sulfonamides is 1. The molecule has 0 radical (unpaired) electrons. The number of thiophene rings is 1. The van der Waals surface area contributed by atoms with E-state index < -0.39 is 10.0 Å². The summed E-state index contributed by atoms with van der Waals surface area (Å²) in [7, 11) is 0.104. The summed E-state index contributed by atoms with van der Waals surface area (Å²) in [6.07, 6.45) is 3.43. The van der Waals surface area contributed by atoms with Crippen molar-refractivity contribution in [1.82, 2.24) is 19.6 Å². The zero-order chi connectivity index (χ0) is 14.8. The van der Waals surface area contributed by atoms with E-state index in [2.05, 4.69) is 15.0 Å². The van der Waals surface area contributed by atoms with Crippen molar-refractivity contribution in [3.63, 3.8) is 0 Å². The molecule has 20 heavy (non-hydrogen) atoms. The van der Waals surface area contributed by atoms with E-state index in [4.69, 9.17) is 0 Å². The summed E-state index contributed by atoms with van der Waals surface area (Å²) in [5, 5.41) is 4.85. The number of imidazole rings is 1. The highest BCUT2D eigenvalue weighted by Crippen LogP contribution is 2.26. The van der Waals surface area contributed by atoms with Crippen molar-refractivity contribution in [2.75, 3.05) is 7.05 Å². The molecule has 0 saturated heterocycles. The molecule has 0 saturated carbocycles. The minimum Gasteiger partial charge on any atom is -0.337 e. The molecule has 0 aromatic carbocycles. The van der Waals surface area contributed by atoms with E-state index in [9.17, 15) is 8.42 Å². The van der Waals surface area contributed by atoms with Crippen molar-refractivity contribution in [1.29, 1.82) is 0 Å². The summed E-state index contributed by atoms with van der Waals surface area (Å²) < 4.78 is 29.3. The van der Waals surface area contributed by atoms with Crippen molar-refractivity contribution in [2.45, 2.75) is 24.9 Å². The van der Waals surface area contributed by atoms with Crippen molar-refractivity contribution < 1.29 is 8.42 Å². The summed E-state index contributed by atoms with van der Waals surface area (Å²) in [6.45, 7) is 2.53. The van der Waals surface area contributed by atoms with Gasteiger partial charge in [-0.2, -0.15) is 0 Å². The Balaban J connectivity index is 2.22. The third-order valence-electron chi connectivity index (χ3n) is 2.94. The lowest BCUT2D eigenvalue weighted by atomic mass is 10.3. The number of nitrogens with one attached hydrogen (secondary N) is 2. The fourth-order valence-electron chi connectivity index (χ4n) is 1.93. The topological polar surface area (TPSA) is 76.0 Å². The molecule has 0 unspecified atom stereocenters. The number of rotatable bonds is 6. The molecule has 2 N–H and O–H groups in total. The first-order chi connectivity index (χ1) is 9.45. The van der Waals surface area contributed by atoms with Crippen LogP contribution in [0, 0.1) is 6.92 Å². The third kappa shape index (κ3) is 3.09. The summed E-state index contributed by atoms with van der Waals surface area (Å²) in [5.74, 6) is 0.677. The standard InChI is InChI=1S/C12H18N4O2S2/c1-9-8-19-10(6-13-2)12(9)20(17,18)15-7-11-14-4-5-16(11)3/h4-5,8,13,15H,6-7H2,1-3H3. The van der Waals surface area contributed by atoms with Gasteiger partial charge in [0.2, 0.25) is 10.0 Å². The van der Waals surface area contributed by atoms with Crippen LogP contribution in [-0.2, 0) is 30.2 Å². The average Bonchev–Trinajstić information content (AvgIpc) is 2.94. The molecular formula is C12H18N4O2S2. The Morgan fingerprint density at radius 2 is 2.15 bits per heavy atom. The quantitative estimate of drug-likeness (QED) is 0.833. The van der Waals surface area contributed by atoms with Gasteiger partial charge in [0.05, 0.1) is 6.54 Å². The first-order valence-electron chi connectivity index (χ1n) is 6.13. The summed E-state index contributed by atoms with van der Waals surface area (Å²) in [5.41, 5.74) is 0.771. The highest BCUT2D eigenvalue weighted by molar-refractivity contribution is 7.89. The van der Waals surface area contributed by atoms with Gasteiger partial charge in [0.25, 0.3) is 0 Å². The van der Waals surface area contributed by atoms with Gasteiger partial charge in [-0.3, -0.25) is 0 Å². The van der Waals surface area contributed by atoms with E-state index in [1.54, 1.807) is 24.0 Å². The zero-order valence-electron chi connectivity index (χ0n) is 11.7. The van der Waals surface area contributed by atoms with Crippen molar-refractivity contribution in [3.05, 3.63) is 34.0 Å². The lowest BCUT2D eigenvalue weighted by molar-refractivity contribution is 0.576. The van der Waals surface area contributed by atoms with Gasteiger partial charge in [-0.05, 0) is 24.9 Å². The van der Waals surface area contributed by atoms with Crippen molar-refractivity contribution in [2.24, 2.45) is 7.05 Å². The minimum atomic E-state index is -3.53. The van der Waals surface area contributed by atoms with Gasteiger partial charge in [0, 0.05) is 30.9 Å². The molecule has 2 aromatic rings. The largest absolute Gasteiger partial charge is 0.337 e. The van der Waals surface area contributed by atoms with Gasteiger partial charge in [-0.1, -0.05) is 0 Å². The number of aromatic nitrogens is 2. The Kier molecular flexibility index (Phi) is 4.59. The van der Waals surface area contributed by atoms with Crippen molar-refractivity contribution in [3.8, 4) is 0 Å². The molecule has 2 aromatic heterocycles. The van der Waals surface area contributed by atoms with Crippen LogP contribution >= 0.6 is 11.3 Å². The van der Waals surface area contributed by atoms with E-state index in [-0.39, 0.29) is 6.54 Å². The smallest absolute Gasteiger partial charge is 0.242 e. The van der Waals surface area contributed by atoms with Crippen LogP contribution in [0.1, 0.15) is 16.3 Å². The second-order valence-electron chi connectivity index (χ2n) is 4.48. The van der Waals surface area contributed by atoms with E-state index in [0.29, 0.717) is 17.3 Å². The molecule has 0 fully saturated rings. The number of hydrogen-bond acceptors (Lipinski definition) is 5. The molecular weight excluding hydrogens is 296 g/mol. The maximum absolute atomic E-state index is 12.4. The van der Waals surface area contributed by atoms with E-state index >= 15 is 0 Å². The molecule has 8 heteroatoms. The SMILES string of the molecule is CNCc1scc(C)c1S(=O)(=O)NCc1nccn1C. The Hall–Kier alpha value is -1.22. The maximum Gasteiger partial charge on any atom is 0.242 e. The molecule has 0 aliphatic rings. The first-order valence-corrected chi connectivity index (χ1v) is 8.49. The molecule has 0 spiro atoms. The van der Waals surface area contributed by atoms with Gasteiger partial charge < -0.3 is 9.88 Å². The van der Waals surface area contributed by atoms with Crippen LogP contribution in [0.2, 0.25) is 0 Å². The van der Waals surface area contributed by atoms with Crippen LogP contribution in [0.5, 0.6) is 0 Å². The first kappa shape index (κ1) is 15.2. The fourth-order valence-corrected chi connectivity index (χ4v) is 4.73. The summed E-state index contributed by atoms with van der Waals surface area (Å²) in [6, 6.07) is 0. The zero-order valence-corrected chi connectivity index (χ0v) is 13.3. The predicted octanol–water partition coefficient (Wildman–Crippen LogP) is 0.988. The van der Waals surface area contributed by atoms with Crippen LogP contribution in [0.4, 0.5) is 0 Å². The summed E-state index contributed by atoms with van der Waals surface area (Å²) in [4.78, 5) is 5.31. The molecule has 0 atom stereocenters. The monoisotopic (exact) mass is 314 g/mol. The highest BCUT2D eigenvalue weighted by atomic mass is 32.2. The Labute approximate surface area is 122 Å². The lowest BCUT2D eigenvalue weighted by Crippen LogP contribution is -2.26. The Bertz CT molecular complexity index is 688. The normalized spacial score (nSPS) is 11.9. The minimum absolute atomic E-state index is 0.181. The van der Waals surface area contributed by atoms with Gasteiger partial charge in [-0.25, -0.2) is 18.1 Å². The van der Waals surface area contributed by atoms with E-state index in [1.165, 1.54) is 11.3 Å². The van der Waals surface area contributed by atoms with Crippen LogP contribution in [0.3, 0.4) is 0 Å². The molecule has 0 amide bonds. The number of hydrogen-bond donors (Lipinski definition) is 2. The number of aryl methyl sites for hydroxylation is 2. The fraction of sp³-hybridized carbons (Fsp3) is 0.417.